The molecule has 0 aliphatic rings. The average molecular weight is 233 g/mol. The third kappa shape index (κ3) is 2.59. The van der Waals surface area contributed by atoms with E-state index in [1.54, 1.807) is 11.3 Å². The first-order valence-electron chi connectivity index (χ1n) is 5.26. The van der Waals surface area contributed by atoms with Gasteiger partial charge in [0.2, 0.25) is 0 Å². The molecule has 84 valence electrons. The van der Waals surface area contributed by atoms with Crippen LogP contribution in [-0.2, 0) is 12.8 Å². The summed E-state index contributed by atoms with van der Waals surface area (Å²) >= 11 is 1.63. The molecule has 0 aliphatic carbocycles. The lowest BCUT2D eigenvalue weighted by Gasteiger charge is -1.99. The second-order valence-corrected chi connectivity index (χ2v) is 4.74. The van der Waals surface area contributed by atoms with Gasteiger partial charge in [-0.3, -0.25) is 5.43 Å². The minimum Gasteiger partial charge on any atom is -0.300 e. The fraction of sp³-hybridized carbons (Fsp3) is 0.250. The fourth-order valence-corrected chi connectivity index (χ4v) is 2.50. The molecule has 16 heavy (non-hydrogen) atoms. The van der Waals surface area contributed by atoms with E-state index in [0.29, 0.717) is 0 Å². The zero-order chi connectivity index (χ0) is 11.4. The lowest BCUT2D eigenvalue weighted by atomic mass is 10.1. The summed E-state index contributed by atoms with van der Waals surface area (Å²) in [5.41, 5.74) is 5.03. The van der Waals surface area contributed by atoms with E-state index in [1.807, 2.05) is 13.0 Å². The molecule has 4 heteroatoms. The Bertz CT molecular complexity index is 451. The molecule has 1 aromatic heterocycles. The maximum atomic E-state index is 5.34. The molecule has 0 spiro atoms. The van der Waals surface area contributed by atoms with E-state index >= 15 is 0 Å². The number of nitrogens with two attached hydrogens (primary N) is 1. The van der Waals surface area contributed by atoms with Crippen LogP contribution in [0.1, 0.15) is 16.1 Å². The summed E-state index contributed by atoms with van der Waals surface area (Å²) in [6.45, 7) is 2.03. The zero-order valence-corrected chi connectivity index (χ0v) is 10.1. The first-order chi connectivity index (χ1) is 7.79. The molecular weight excluding hydrogens is 218 g/mol. The number of hydrazine groups is 1. The Kier molecular flexibility index (Phi) is 3.54. The molecule has 2 rings (SSSR count). The van der Waals surface area contributed by atoms with Gasteiger partial charge in [-0.05, 0) is 25.3 Å². The summed E-state index contributed by atoms with van der Waals surface area (Å²) in [6.07, 6.45) is 2.07. The van der Waals surface area contributed by atoms with Crippen molar-refractivity contribution in [2.24, 2.45) is 5.84 Å². The topological polar surface area (TPSA) is 50.9 Å². The Morgan fingerprint density at radius 1 is 1.25 bits per heavy atom. The van der Waals surface area contributed by atoms with E-state index in [1.165, 1.54) is 10.4 Å². The number of hydrogen-bond donors (Lipinski definition) is 2. The van der Waals surface area contributed by atoms with Crippen LogP contribution in [0.25, 0.3) is 0 Å². The van der Waals surface area contributed by atoms with Gasteiger partial charge in [-0.2, -0.15) is 0 Å². The van der Waals surface area contributed by atoms with Gasteiger partial charge < -0.3 is 0 Å². The van der Waals surface area contributed by atoms with Crippen molar-refractivity contribution in [2.45, 2.75) is 19.8 Å². The van der Waals surface area contributed by atoms with Crippen LogP contribution in [0.5, 0.6) is 0 Å². The Balaban J connectivity index is 2.02. The van der Waals surface area contributed by atoms with Gasteiger partial charge in [-0.15, -0.1) is 11.3 Å². The Morgan fingerprint density at radius 2 is 2.00 bits per heavy atom. The van der Waals surface area contributed by atoms with Crippen LogP contribution in [0, 0.1) is 6.92 Å². The normalized spacial score (nSPS) is 10.4. The Morgan fingerprint density at radius 3 is 2.62 bits per heavy atom. The molecule has 0 radical (unpaired) electrons. The van der Waals surface area contributed by atoms with E-state index in [-0.39, 0.29) is 0 Å². The predicted molar refractivity (Wildman–Crippen MR) is 68.5 cm³/mol. The van der Waals surface area contributed by atoms with Gasteiger partial charge in [0.15, 0.2) is 5.13 Å². The van der Waals surface area contributed by atoms with Gasteiger partial charge in [-0.25, -0.2) is 10.8 Å². The molecule has 0 saturated heterocycles. The van der Waals surface area contributed by atoms with Gasteiger partial charge in [-0.1, -0.05) is 30.3 Å². The van der Waals surface area contributed by atoms with Crippen LogP contribution in [-0.4, -0.2) is 4.98 Å². The highest BCUT2D eigenvalue weighted by atomic mass is 32.1. The SMILES string of the molecule is Cc1nc(NN)sc1CCc1ccccc1. The van der Waals surface area contributed by atoms with E-state index in [2.05, 4.69) is 34.7 Å². The molecule has 0 fully saturated rings. The third-order valence-corrected chi connectivity index (χ3v) is 3.65. The van der Waals surface area contributed by atoms with Crippen LogP contribution < -0.4 is 11.3 Å². The standard InChI is InChI=1S/C12H15N3S/c1-9-11(16-12(14-9)15-13)8-7-10-5-3-2-4-6-10/h2-6H,7-8,13H2,1H3,(H,14,15). The molecule has 0 aliphatic heterocycles. The number of benzene rings is 1. The highest BCUT2D eigenvalue weighted by Gasteiger charge is 2.06. The van der Waals surface area contributed by atoms with Gasteiger partial charge in [0.25, 0.3) is 0 Å². The number of nitrogen functional groups attached to an aromatic ring is 1. The number of aromatic nitrogens is 1. The van der Waals surface area contributed by atoms with Crippen LogP contribution in [0.4, 0.5) is 5.13 Å². The fourth-order valence-electron chi connectivity index (χ4n) is 1.62. The first-order valence-corrected chi connectivity index (χ1v) is 6.08. The van der Waals surface area contributed by atoms with Gasteiger partial charge >= 0.3 is 0 Å². The monoisotopic (exact) mass is 233 g/mol. The van der Waals surface area contributed by atoms with Crippen LogP contribution in [0.2, 0.25) is 0 Å². The molecule has 2 aromatic rings. The summed E-state index contributed by atoms with van der Waals surface area (Å²) in [6, 6.07) is 10.5. The molecular formula is C12H15N3S. The van der Waals surface area contributed by atoms with E-state index in [9.17, 15) is 0 Å². The lowest BCUT2D eigenvalue weighted by molar-refractivity contribution is 0.962. The highest BCUT2D eigenvalue weighted by molar-refractivity contribution is 7.15. The minimum atomic E-state index is 0.792. The zero-order valence-electron chi connectivity index (χ0n) is 9.23. The summed E-state index contributed by atoms with van der Waals surface area (Å²) < 4.78 is 0. The van der Waals surface area contributed by atoms with Crippen molar-refractivity contribution in [3.05, 3.63) is 46.5 Å². The lowest BCUT2D eigenvalue weighted by Crippen LogP contribution is -2.05. The first kappa shape index (κ1) is 11.1. The molecule has 1 aromatic carbocycles. The maximum Gasteiger partial charge on any atom is 0.197 e. The second kappa shape index (κ2) is 5.09. The van der Waals surface area contributed by atoms with E-state index < -0.39 is 0 Å². The van der Waals surface area contributed by atoms with Crippen molar-refractivity contribution in [2.75, 3.05) is 5.43 Å². The maximum absolute atomic E-state index is 5.34. The number of aryl methyl sites for hydroxylation is 3. The van der Waals surface area contributed by atoms with Crippen molar-refractivity contribution >= 4 is 16.5 Å². The molecule has 1 heterocycles. The smallest absolute Gasteiger partial charge is 0.197 e. The third-order valence-electron chi connectivity index (χ3n) is 2.50. The quantitative estimate of drug-likeness (QED) is 0.630. The van der Waals surface area contributed by atoms with Crippen molar-refractivity contribution in [3.8, 4) is 0 Å². The molecule has 3 N–H and O–H groups in total. The highest BCUT2D eigenvalue weighted by Crippen LogP contribution is 2.23. The van der Waals surface area contributed by atoms with Crippen molar-refractivity contribution in [1.82, 2.24) is 4.98 Å². The van der Waals surface area contributed by atoms with Crippen molar-refractivity contribution < 1.29 is 0 Å². The molecule has 0 saturated carbocycles. The number of nitrogens with zero attached hydrogens (tertiary/aromatic N) is 1. The van der Waals surface area contributed by atoms with Gasteiger partial charge in [0.05, 0.1) is 5.69 Å². The van der Waals surface area contributed by atoms with Gasteiger partial charge in [0.1, 0.15) is 0 Å². The number of thiazole rings is 1. The number of anilines is 1. The number of nitrogens with one attached hydrogen (secondary N) is 1. The number of rotatable bonds is 4. The molecule has 0 atom stereocenters. The van der Waals surface area contributed by atoms with Crippen LogP contribution in [0.3, 0.4) is 0 Å². The van der Waals surface area contributed by atoms with E-state index in [0.717, 1.165) is 23.7 Å². The summed E-state index contributed by atoms with van der Waals surface area (Å²) in [4.78, 5) is 5.63. The van der Waals surface area contributed by atoms with E-state index in [4.69, 9.17) is 5.84 Å². The summed E-state index contributed by atoms with van der Waals surface area (Å²) in [5, 5.41) is 0.792. The predicted octanol–water partition coefficient (Wildman–Crippen LogP) is 2.52. The average Bonchev–Trinajstić information content (AvgIpc) is 2.69. The molecule has 0 unspecified atom stereocenters. The molecule has 0 amide bonds. The molecule has 3 nitrogen and oxygen atoms in total. The Hall–Kier alpha value is -1.39. The molecule has 0 bridgehead atoms. The van der Waals surface area contributed by atoms with Crippen LogP contribution in [0.15, 0.2) is 30.3 Å². The second-order valence-electron chi connectivity index (χ2n) is 3.66. The minimum absolute atomic E-state index is 0.792. The largest absolute Gasteiger partial charge is 0.300 e. The van der Waals surface area contributed by atoms with Crippen LogP contribution >= 0.6 is 11.3 Å². The summed E-state index contributed by atoms with van der Waals surface area (Å²) in [7, 11) is 0. The summed E-state index contributed by atoms with van der Waals surface area (Å²) in [5.74, 6) is 5.34. The van der Waals surface area contributed by atoms with Crippen molar-refractivity contribution in [3.63, 3.8) is 0 Å². The van der Waals surface area contributed by atoms with Crippen molar-refractivity contribution in [1.29, 1.82) is 0 Å². The Labute approximate surface area is 99.3 Å². The van der Waals surface area contributed by atoms with Gasteiger partial charge in [0, 0.05) is 4.88 Å². The number of hydrogen-bond acceptors (Lipinski definition) is 4.